The molecule has 0 spiro atoms. The smallest absolute Gasteiger partial charge is 0.495 e. The summed E-state index contributed by atoms with van der Waals surface area (Å²) in [6, 6.07) is 30.3. The van der Waals surface area contributed by atoms with Gasteiger partial charge in [-0.3, -0.25) is 0 Å². The molecule has 0 N–H and O–H groups in total. The minimum Gasteiger partial charge on any atom is -0.495 e. The number of benzene rings is 6. The first-order valence-electron chi connectivity index (χ1n) is 21.6. The van der Waals surface area contributed by atoms with Crippen LogP contribution in [0.2, 0.25) is 0 Å². The van der Waals surface area contributed by atoms with Crippen LogP contribution in [0.25, 0.3) is 32.3 Å². The van der Waals surface area contributed by atoms with Gasteiger partial charge in [-0.1, -0.05) is 42.5 Å². The van der Waals surface area contributed by atoms with Crippen molar-refractivity contribution in [2.75, 3.05) is 52.9 Å². The van der Waals surface area contributed by atoms with Crippen LogP contribution < -0.4 is 0 Å². The fourth-order valence-electron chi connectivity index (χ4n) is 6.52. The van der Waals surface area contributed by atoms with Crippen molar-refractivity contribution in [1.29, 1.82) is 0 Å². The Labute approximate surface area is 419 Å². The second kappa shape index (κ2) is 28.5. The molecule has 0 heterocycles. The Balaban J connectivity index is 0.00000245. The molecule has 0 saturated heterocycles. The van der Waals surface area contributed by atoms with Crippen LogP contribution in [0.1, 0.15) is 87.8 Å². The Kier molecular flexibility index (Phi) is 22.6. The van der Waals surface area contributed by atoms with E-state index in [1.807, 2.05) is 0 Å². The van der Waals surface area contributed by atoms with E-state index in [4.69, 9.17) is 33.2 Å². The normalized spacial score (nSPS) is 10.4. The molecule has 13 nitrogen and oxygen atoms in total. The van der Waals surface area contributed by atoms with Crippen LogP contribution in [0, 0.1) is 45.0 Å². The number of hydrogen-bond donors (Lipinski definition) is 0. The topological polar surface area (TPSA) is 167 Å². The van der Waals surface area contributed by atoms with Gasteiger partial charge in [-0.2, -0.15) is 0 Å². The summed E-state index contributed by atoms with van der Waals surface area (Å²) in [6.07, 6.45) is 5.05. The fraction of sp³-hybridized carbons (Fsp3) is 0.222. The molecule has 0 fully saturated rings. The van der Waals surface area contributed by atoms with Crippen molar-refractivity contribution in [2.45, 2.75) is 25.7 Å². The average Bonchev–Trinajstić information content (AvgIpc) is 3.34. The van der Waals surface area contributed by atoms with Gasteiger partial charge < -0.3 is 40.1 Å². The van der Waals surface area contributed by atoms with E-state index in [0.29, 0.717) is 65.7 Å². The molecule has 6 aromatic carbocycles. The third-order valence-electron chi connectivity index (χ3n) is 9.87. The number of hydrogen-bond acceptors (Lipinski definition) is 13. The molecule has 0 bridgehead atoms. The van der Waals surface area contributed by atoms with Crippen LogP contribution >= 0.6 is 0 Å². The predicted octanol–water partition coefficient (Wildman–Crippen LogP) is 10.1. The number of esters is 6. The number of carbonyl (C=O) groups excluding carboxylic acids is 6. The average molecular weight is 1150 g/mol. The second-order valence-electron chi connectivity index (χ2n) is 14.7. The van der Waals surface area contributed by atoms with Gasteiger partial charge >= 0.3 is 66.9 Å². The molecule has 0 amide bonds. The molecule has 6 rings (SSSR count). The molecular weight excluding hydrogens is 1090 g/mol. The van der Waals surface area contributed by atoms with Gasteiger partial charge in [-0.05, 0) is 137 Å². The summed E-state index contributed by atoms with van der Waals surface area (Å²) in [5.41, 5.74) is 2.24. The number of fused-ring (bicyclic) bond motifs is 3. The maximum atomic E-state index is 12.8. The molecule has 0 aromatic heterocycles. The van der Waals surface area contributed by atoms with Crippen LogP contribution in [-0.4, -0.2) is 88.7 Å². The summed E-state index contributed by atoms with van der Waals surface area (Å²) >= 11 is 0. The van der Waals surface area contributed by atoms with E-state index in [-0.39, 0.29) is 77.4 Å². The van der Waals surface area contributed by atoms with Crippen molar-refractivity contribution in [3.05, 3.63) is 182 Å². The van der Waals surface area contributed by atoms with Crippen molar-refractivity contribution >= 4 is 68.1 Å². The van der Waals surface area contributed by atoms with Crippen molar-refractivity contribution in [1.82, 2.24) is 0 Å². The van der Waals surface area contributed by atoms with Gasteiger partial charge in [-0.25, -0.2) is 48.3 Å². The zero-order valence-electron chi connectivity index (χ0n) is 37.7. The number of rotatable bonds is 22. The Morgan fingerprint density at radius 1 is 0.397 bits per heavy atom. The van der Waals surface area contributed by atoms with Crippen molar-refractivity contribution in [3.8, 4) is 0 Å². The Bertz CT molecular complexity index is 2730. The van der Waals surface area contributed by atoms with Crippen LogP contribution in [0.4, 0.5) is 0 Å². The van der Waals surface area contributed by atoms with Crippen molar-refractivity contribution < 1.29 is 93.0 Å². The summed E-state index contributed by atoms with van der Waals surface area (Å²) in [5.74, 6) is -2.90. The van der Waals surface area contributed by atoms with Gasteiger partial charge in [0.15, 0.2) is 0 Å². The molecule has 0 aliphatic rings. The van der Waals surface area contributed by atoms with E-state index in [0.717, 1.165) is 32.3 Å². The van der Waals surface area contributed by atoms with E-state index in [1.165, 1.54) is 6.08 Å². The van der Waals surface area contributed by atoms with Crippen LogP contribution in [0.5, 0.6) is 0 Å². The third-order valence-corrected chi connectivity index (χ3v) is 9.87. The molecule has 0 saturated carbocycles. The van der Waals surface area contributed by atoms with E-state index in [9.17, 15) is 28.8 Å². The van der Waals surface area contributed by atoms with E-state index >= 15 is 0 Å². The number of allylic oxidation sites excluding steroid dienone is 1. The Morgan fingerprint density at radius 2 is 0.632 bits per heavy atom. The summed E-state index contributed by atoms with van der Waals surface area (Å²) in [4.78, 5) is 75.2. The maximum Gasteiger partial charge on any atom is 2.00 e. The third kappa shape index (κ3) is 16.3. The van der Waals surface area contributed by atoms with E-state index in [2.05, 4.69) is 27.0 Å². The molecular formula is C54H52O13U. The fourth-order valence-corrected chi connectivity index (χ4v) is 6.52. The van der Waals surface area contributed by atoms with Crippen LogP contribution in [-0.2, 0) is 33.2 Å². The molecule has 0 aliphatic heterocycles. The summed E-state index contributed by atoms with van der Waals surface area (Å²) < 4.78 is 37.1. The number of carbonyl (C=O) groups is 6. The maximum absolute atomic E-state index is 12.8. The zero-order valence-corrected chi connectivity index (χ0v) is 41.8. The standard InChI is InChI=1S/C51H47O13.C3H5.U/c1-3-21-58-26-27-64-51(57)45-20-14-38-32-44(19-13-39(38)33-45)50(56)63-25-8-7-24-62-49(55)43-18-12-36-30-42(17-11-37(36)31-43)48(54)61-23-6-5-22-60-47(53)41-16-10-34-28-40(46(52)59-4-2)15-9-35(34)29-41;1-3-2;/h3,9-20,28-33H,1-2,4-8,21-27H2;3H,1-2H2;/q2*-1;+2. The molecule has 350 valence electrons. The van der Waals surface area contributed by atoms with Crippen LogP contribution in [0.15, 0.2) is 135 Å². The zero-order chi connectivity index (χ0) is 48.0. The van der Waals surface area contributed by atoms with Gasteiger partial charge in [0, 0.05) is 0 Å². The number of unbranched alkanes of at least 4 members (excludes halogenated alkanes) is 2. The monoisotopic (exact) mass is 1150 g/mol. The van der Waals surface area contributed by atoms with Gasteiger partial charge in [0.2, 0.25) is 0 Å². The second-order valence-corrected chi connectivity index (χ2v) is 14.7. The Morgan fingerprint density at radius 3 is 0.868 bits per heavy atom. The van der Waals surface area contributed by atoms with Crippen molar-refractivity contribution in [2.24, 2.45) is 0 Å². The first-order chi connectivity index (χ1) is 32.5. The summed E-state index contributed by atoms with van der Waals surface area (Å²) in [7, 11) is 0. The molecule has 0 atom stereocenters. The quantitative estimate of drug-likeness (QED) is 0.0207. The minimum atomic E-state index is -0.500. The largest absolute Gasteiger partial charge is 2.00 e. The van der Waals surface area contributed by atoms with Gasteiger partial charge in [0.05, 0.1) is 73.0 Å². The van der Waals surface area contributed by atoms with Gasteiger partial charge in [0.1, 0.15) is 6.61 Å². The van der Waals surface area contributed by atoms with Gasteiger partial charge in [-0.15, -0.1) is 6.58 Å². The SMILES string of the molecule is C=CCOCCOC(=O)c1ccc2cc(C(=O)OCCCCOC(=O)c3ccc4cc(C(=O)OCCCCOC(=O)c5ccc6cc(C(=O)OC[CH2-])ccc6c5)ccc4c3)ccc2c1.C=C[CH2-].[U+2]. The van der Waals surface area contributed by atoms with E-state index in [1.54, 1.807) is 115 Å². The predicted molar refractivity (Wildman–Crippen MR) is 254 cm³/mol. The molecule has 14 heteroatoms. The number of ether oxygens (including phenoxy) is 7. The van der Waals surface area contributed by atoms with Crippen molar-refractivity contribution in [3.63, 3.8) is 0 Å². The molecule has 0 radical (unpaired) electrons. The Hall–Kier alpha value is -6.72. The van der Waals surface area contributed by atoms with E-state index < -0.39 is 35.8 Å². The first kappa shape index (κ1) is 53.9. The van der Waals surface area contributed by atoms with Crippen LogP contribution in [0.3, 0.4) is 0 Å². The molecule has 6 aromatic rings. The first-order valence-corrected chi connectivity index (χ1v) is 21.6. The van der Waals surface area contributed by atoms with Gasteiger partial charge in [0.25, 0.3) is 0 Å². The molecule has 68 heavy (non-hydrogen) atoms. The summed E-state index contributed by atoms with van der Waals surface area (Å²) in [5, 5.41) is 4.56. The summed E-state index contributed by atoms with van der Waals surface area (Å²) in [6.45, 7) is 14.9. The minimum absolute atomic E-state index is 0. The molecule has 0 unspecified atom stereocenters. The molecule has 0 aliphatic carbocycles.